The van der Waals surface area contributed by atoms with E-state index in [1.54, 1.807) is 31.2 Å². The van der Waals surface area contributed by atoms with Gasteiger partial charge in [-0.15, -0.1) is 0 Å². The number of aliphatic carboxylic acids is 1. The lowest BCUT2D eigenvalue weighted by atomic mass is 9.93. The zero-order chi connectivity index (χ0) is 11.3. The van der Waals surface area contributed by atoms with Crippen molar-refractivity contribution in [1.82, 2.24) is 0 Å². The SMILES string of the molecule is CCC(=O)CC(C(=O)O)c1ccccc1. The molecule has 0 aliphatic heterocycles. The van der Waals surface area contributed by atoms with Gasteiger partial charge in [0.15, 0.2) is 0 Å². The van der Waals surface area contributed by atoms with E-state index in [9.17, 15) is 9.59 Å². The Morgan fingerprint density at radius 1 is 1.27 bits per heavy atom. The lowest BCUT2D eigenvalue weighted by Crippen LogP contribution is -2.15. The third kappa shape index (κ3) is 3.20. The second-order valence-electron chi connectivity index (χ2n) is 3.40. The summed E-state index contributed by atoms with van der Waals surface area (Å²) < 4.78 is 0. The molecule has 1 unspecified atom stereocenters. The van der Waals surface area contributed by atoms with E-state index in [1.807, 2.05) is 6.07 Å². The minimum Gasteiger partial charge on any atom is -0.481 e. The zero-order valence-electron chi connectivity index (χ0n) is 8.64. The molecule has 1 rings (SSSR count). The van der Waals surface area contributed by atoms with E-state index < -0.39 is 11.9 Å². The molecule has 80 valence electrons. The van der Waals surface area contributed by atoms with Gasteiger partial charge < -0.3 is 5.11 Å². The van der Waals surface area contributed by atoms with Crippen LogP contribution in [0.4, 0.5) is 0 Å². The maximum Gasteiger partial charge on any atom is 0.311 e. The third-order valence-corrected chi connectivity index (χ3v) is 2.33. The second kappa shape index (κ2) is 5.29. The first-order chi connectivity index (χ1) is 7.15. The van der Waals surface area contributed by atoms with Crippen molar-refractivity contribution in [3.8, 4) is 0 Å². The molecule has 0 amide bonds. The largest absolute Gasteiger partial charge is 0.481 e. The summed E-state index contributed by atoms with van der Waals surface area (Å²) in [6, 6.07) is 8.86. The highest BCUT2D eigenvalue weighted by atomic mass is 16.4. The molecule has 0 aliphatic carbocycles. The van der Waals surface area contributed by atoms with Crippen LogP contribution in [-0.4, -0.2) is 16.9 Å². The van der Waals surface area contributed by atoms with E-state index in [-0.39, 0.29) is 12.2 Å². The average Bonchev–Trinajstić information content (AvgIpc) is 2.26. The highest BCUT2D eigenvalue weighted by Crippen LogP contribution is 2.20. The van der Waals surface area contributed by atoms with Crippen molar-refractivity contribution in [2.45, 2.75) is 25.7 Å². The lowest BCUT2D eigenvalue weighted by molar-refractivity contribution is -0.140. The summed E-state index contributed by atoms with van der Waals surface area (Å²) in [5.74, 6) is -1.67. The van der Waals surface area contributed by atoms with Crippen molar-refractivity contribution in [2.75, 3.05) is 0 Å². The van der Waals surface area contributed by atoms with Crippen LogP contribution in [0.3, 0.4) is 0 Å². The number of benzene rings is 1. The van der Waals surface area contributed by atoms with E-state index in [1.165, 1.54) is 0 Å². The van der Waals surface area contributed by atoms with Crippen molar-refractivity contribution in [3.05, 3.63) is 35.9 Å². The normalized spacial score (nSPS) is 12.1. The Labute approximate surface area is 88.7 Å². The van der Waals surface area contributed by atoms with E-state index in [0.717, 1.165) is 0 Å². The van der Waals surface area contributed by atoms with Gasteiger partial charge in [-0.05, 0) is 5.56 Å². The molecule has 0 radical (unpaired) electrons. The van der Waals surface area contributed by atoms with Crippen molar-refractivity contribution in [3.63, 3.8) is 0 Å². The fraction of sp³-hybridized carbons (Fsp3) is 0.333. The summed E-state index contributed by atoms with van der Waals surface area (Å²) in [6.45, 7) is 1.74. The molecule has 0 saturated carbocycles. The molecular formula is C12H14O3. The molecule has 0 spiro atoms. The maximum absolute atomic E-state index is 11.2. The smallest absolute Gasteiger partial charge is 0.311 e. The minimum absolute atomic E-state index is 0.0220. The predicted molar refractivity (Wildman–Crippen MR) is 56.7 cm³/mol. The van der Waals surface area contributed by atoms with Gasteiger partial charge in [0.05, 0.1) is 5.92 Å². The molecule has 15 heavy (non-hydrogen) atoms. The number of carboxylic acids is 1. The first-order valence-electron chi connectivity index (χ1n) is 4.94. The molecule has 1 N–H and O–H groups in total. The number of hydrogen-bond acceptors (Lipinski definition) is 2. The highest BCUT2D eigenvalue weighted by Gasteiger charge is 2.21. The van der Waals surface area contributed by atoms with E-state index >= 15 is 0 Å². The van der Waals surface area contributed by atoms with Gasteiger partial charge in [0, 0.05) is 12.8 Å². The summed E-state index contributed by atoms with van der Waals surface area (Å²) in [4.78, 5) is 22.2. The third-order valence-electron chi connectivity index (χ3n) is 2.33. The molecule has 0 aliphatic rings. The van der Waals surface area contributed by atoms with Crippen LogP contribution in [0.2, 0.25) is 0 Å². The van der Waals surface area contributed by atoms with Gasteiger partial charge in [-0.3, -0.25) is 9.59 Å². The minimum atomic E-state index is -0.942. The number of Topliss-reactive ketones (excluding diaryl/α,β-unsaturated/α-hetero) is 1. The highest BCUT2D eigenvalue weighted by molar-refractivity contribution is 5.86. The topological polar surface area (TPSA) is 54.4 Å². The molecule has 3 nitrogen and oxygen atoms in total. The summed E-state index contributed by atoms with van der Waals surface area (Å²) in [7, 11) is 0. The number of carboxylic acid groups (broad SMARTS) is 1. The Bertz CT molecular complexity index is 343. The van der Waals surface area contributed by atoms with Crippen LogP contribution in [0, 0.1) is 0 Å². The summed E-state index contributed by atoms with van der Waals surface area (Å²) >= 11 is 0. The molecule has 0 aromatic heterocycles. The fourth-order valence-electron chi connectivity index (χ4n) is 1.41. The van der Waals surface area contributed by atoms with Crippen LogP contribution in [0.5, 0.6) is 0 Å². The molecule has 0 fully saturated rings. The number of rotatable bonds is 5. The number of ketones is 1. The van der Waals surface area contributed by atoms with Crippen LogP contribution in [0.1, 0.15) is 31.2 Å². The van der Waals surface area contributed by atoms with Gasteiger partial charge >= 0.3 is 5.97 Å². The predicted octanol–water partition coefficient (Wildman–Crippen LogP) is 2.22. The average molecular weight is 206 g/mol. The molecular weight excluding hydrogens is 192 g/mol. The number of carbonyl (C=O) groups is 2. The zero-order valence-corrected chi connectivity index (χ0v) is 8.64. The van der Waals surface area contributed by atoms with Gasteiger partial charge in [-0.1, -0.05) is 37.3 Å². The molecule has 3 heteroatoms. The molecule has 1 aromatic rings. The molecule has 1 aromatic carbocycles. The maximum atomic E-state index is 11.2. The lowest BCUT2D eigenvalue weighted by Gasteiger charge is -2.10. The van der Waals surface area contributed by atoms with Crippen LogP contribution >= 0.6 is 0 Å². The Balaban J connectivity index is 2.84. The number of carbonyl (C=O) groups excluding carboxylic acids is 1. The van der Waals surface area contributed by atoms with Crippen LogP contribution in [0.15, 0.2) is 30.3 Å². The van der Waals surface area contributed by atoms with Crippen LogP contribution in [0.25, 0.3) is 0 Å². The summed E-state index contributed by atoms with van der Waals surface area (Å²) in [5, 5.41) is 9.02. The number of hydrogen-bond donors (Lipinski definition) is 1. The molecule has 0 bridgehead atoms. The molecule has 0 heterocycles. The Kier molecular flexibility index (Phi) is 4.03. The van der Waals surface area contributed by atoms with Gasteiger partial charge in [-0.25, -0.2) is 0 Å². The monoisotopic (exact) mass is 206 g/mol. The van der Waals surface area contributed by atoms with Crippen LogP contribution < -0.4 is 0 Å². The Morgan fingerprint density at radius 2 is 1.87 bits per heavy atom. The molecule has 0 saturated heterocycles. The van der Waals surface area contributed by atoms with Crippen molar-refractivity contribution >= 4 is 11.8 Å². The van der Waals surface area contributed by atoms with Gasteiger partial charge in [0.25, 0.3) is 0 Å². The Morgan fingerprint density at radius 3 is 2.33 bits per heavy atom. The van der Waals surface area contributed by atoms with Crippen LogP contribution in [-0.2, 0) is 9.59 Å². The van der Waals surface area contributed by atoms with Gasteiger partial charge in [0.2, 0.25) is 0 Å². The van der Waals surface area contributed by atoms with Crippen molar-refractivity contribution < 1.29 is 14.7 Å². The first kappa shape index (κ1) is 11.4. The standard InChI is InChI=1S/C12H14O3/c1-2-10(13)8-11(12(14)15)9-6-4-3-5-7-9/h3-7,11H,2,8H2,1H3,(H,14,15). The second-order valence-corrected chi connectivity index (χ2v) is 3.40. The van der Waals surface area contributed by atoms with E-state index in [2.05, 4.69) is 0 Å². The molecule has 1 atom stereocenters. The summed E-state index contributed by atoms with van der Waals surface area (Å²) in [6.07, 6.45) is 0.465. The van der Waals surface area contributed by atoms with Gasteiger partial charge in [0.1, 0.15) is 5.78 Å². The van der Waals surface area contributed by atoms with Crippen molar-refractivity contribution in [1.29, 1.82) is 0 Å². The Hall–Kier alpha value is -1.64. The van der Waals surface area contributed by atoms with E-state index in [0.29, 0.717) is 12.0 Å². The fourth-order valence-corrected chi connectivity index (χ4v) is 1.41. The van der Waals surface area contributed by atoms with Crippen molar-refractivity contribution in [2.24, 2.45) is 0 Å². The van der Waals surface area contributed by atoms with E-state index in [4.69, 9.17) is 5.11 Å². The first-order valence-corrected chi connectivity index (χ1v) is 4.94. The quantitative estimate of drug-likeness (QED) is 0.803. The van der Waals surface area contributed by atoms with Gasteiger partial charge in [-0.2, -0.15) is 0 Å². The summed E-state index contributed by atoms with van der Waals surface area (Å²) in [5.41, 5.74) is 0.687.